The molecule has 0 aromatic heterocycles. The van der Waals surface area contributed by atoms with Crippen molar-refractivity contribution in [1.82, 2.24) is 9.62 Å². The molecule has 0 spiro atoms. The Bertz CT molecular complexity index is 1020. The molecule has 1 heterocycles. The zero-order valence-corrected chi connectivity index (χ0v) is 18.3. The molecule has 8 heteroatoms. The van der Waals surface area contributed by atoms with Gasteiger partial charge in [-0.05, 0) is 62.1 Å². The van der Waals surface area contributed by atoms with Gasteiger partial charge in [0.1, 0.15) is 11.6 Å². The van der Waals surface area contributed by atoms with E-state index in [1.54, 1.807) is 21.0 Å². The predicted molar refractivity (Wildman–Crippen MR) is 112 cm³/mol. The number of aryl methyl sites for hydroxylation is 1. The van der Waals surface area contributed by atoms with Crippen LogP contribution in [0, 0.1) is 18.2 Å². The smallest absolute Gasteiger partial charge is 0.243 e. The zero-order chi connectivity index (χ0) is 21.9. The Labute approximate surface area is 177 Å². The minimum absolute atomic E-state index is 0.0506. The maximum Gasteiger partial charge on any atom is 0.243 e. The number of carbonyl (C=O) groups is 1. The van der Waals surface area contributed by atoms with Crippen molar-refractivity contribution < 1.29 is 22.3 Å². The summed E-state index contributed by atoms with van der Waals surface area (Å²) in [5.41, 5.74) is 0.537. The number of methoxy groups -OCH3 is 1. The van der Waals surface area contributed by atoms with E-state index in [1.165, 1.54) is 16.4 Å². The molecular weight excluding hydrogens is 407 g/mol. The van der Waals surface area contributed by atoms with Gasteiger partial charge in [-0.15, -0.1) is 0 Å². The van der Waals surface area contributed by atoms with Gasteiger partial charge in [0, 0.05) is 19.6 Å². The first-order valence-corrected chi connectivity index (χ1v) is 11.3. The number of ether oxygens (including phenoxy) is 1. The summed E-state index contributed by atoms with van der Waals surface area (Å²) in [6, 6.07) is 11.1. The molecular formula is C22H27FN2O4S. The number of halogens is 1. The lowest BCUT2D eigenvalue weighted by Gasteiger charge is -2.38. The summed E-state index contributed by atoms with van der Waals surface area (Å²) >= 11 is 0. The second-order valence-electron chi connectivity index (χ2n) is 7.94. The average Bonchev–Trinajstić information content (AvgIpc) is 2.74. The van der Waals surface area contributed by atoms with Gasteiger partial charge in [-0.3, -0.25) is 4.79 Å². The lowest BCUT2D eigenvalue weighted by Crippen LogP contribution is -2.51. The van der Waals surface area contributed by atoms with Crippen molar-refractivity contribution in [2.45, 2.75) is 38.1 Å². The number of amides is 1. The van der Waals surface area contributed by atoms with E-state index in [2.05, 4.69) is 5.32 Å². The third-order valence-corrected chi connectivity index (χ3v) is 7.58. The molecule has 0 aliphatic carbocycles. The molecule has 1 atom stereocenters. The molecule has 2 aromatic rings. The van der Waals surface area contributed by atoms with Crippen LogP contribution in [-0.2, 0) is 21.4 Å². The molecule has 30 heavy (non-hydrogen) atoms. The molecule has 0 radical (unpaired) electrons. The van der Waals surface area contributed by atoms with E-state index < -0.39 is 21.3 Å². The van der Waals surface area contributed by atoms with Crippen LogP contribution in [0.2, 0.25) is 0 Å². The van der Waals surface area contributed by atoms with Crippen molar-refractivity contribution in [2.75, 3.05) is 20.2 Å². The van der Waals surface area contributed by atoms with Crippen LogP contribution < -0.4 is 10.1 Å². The maximum absolute atomic E-state index is 13.7. The number of sulfonamides is 1. The van der Waals surface area contributed by atoms with Crippen LogP contribution in [0.15, 0.2) is 47.4 Å². The van der Waals surface area contributed by atoms with E-state index in [0.717, 1.165) is 17.4 Å². The number of nitrogens with zero attached hydrogens (tertiary/aromatic N) is 1. The summed E-state index contributed by atoms with van der Waals surface area (Å²) in [6.45, 7) is 4.11. The van der Waals surface area contributed by atoms with Crippen LogP contribution in [-0.4, -0.2) is 38.8 Å². The molecule has 1 saturated heterocycles. The number of nitrogens with one attached hydrogen (secondary N) is 1. The Morgan fingerprint density at radius 1 is 1.23 bits per heavy atom. The summed E-state index contributed by atoms with van der Waals surface area (Å²) in [7, 11) is -2.31. The fourth-order valence-corrected chi connectivity index (χ4v) is 5.55. The molecule has 1 amide bonds. The van der Waals surface area contributed by atoms with E-state index >= 15 is 0 Å². The average molecular weight is 435 g/mol. The molecule has 0 saturated carbocycles. The summed E-state index contributed by atoms with van der Waals surface area (Å²) in [4.78, 5) is 12.9. The highest BCUT2D eigenvalue weighted by molar-refractivity contribution is 7.89. The second-order valence-corrected chi connectivity index (χ2v) is 9.85. The van der Waals surface area contributed by atoms with Crippen molar-refractivity contribution in [3.05, 3.63) is 59.4 Å². The molecule has 0 unspecified atom stereocenters. The van der Waals surface area contributed by atoms with Gasteiger partial charge >= 0.3 is 0 Å². The molecule has 1 aliphatic rings. The Morgan fingerprint density at radius 3 is 2.60 bits per heavy atom. The van der Waals surface area contributed by atoms with Crippen LogP contribution in [0.5, 0.6) is 5.75 Å². The summed E-state index contributed by atoms with van der Waals surface area (Å²) < 4.78 is 46.4. The Hall–Kier alpha value is -2.45. The zero-order valence-electron chi connectivity index (χ0n) is 17.4. The highest BCUT2D eigenvalue weighted by Gasteiger charge is 2.42. The molecule has 1 N–H and O–H groups in total. The van der Waals surface area contributed by atoms with Crippen LogP contribution in [0.4, 0.5) is 4.39 Å². The van der Waals surface area contributed by atoms with Crippen LogP contribution in [0.1, 0.15) is 30.9 Å². The first kappa shape index (κ1) is 22.2. The van der Waals surface area contributed by atoms with Crippen molar-refractivity contribution in [3.8, 4) is 5.75 Å². The third-order valence-electron chi connectivity index (χ3n) is 5.59. The maximum atomic E-state index is 13.7. The van der Waals surface area contributed by atoms with Crippen molar-refractivity contribution >= 4 is 15.9 Å². The molecule has 1 fully saturated rings. The molecule has 2 aromatic carbocycles. The lowest BCUT2D eigenvalue weighted by atomic mass is 9.82. The number of carbonyl (C=O) groups excluding carboxylic acids is 1. The lowest BCUT2D eigenvalue weighted by molar-refractivity contribution is -0.132. The van der Waals surface area contributed by atoms with E-state index in [4.69, 9.17) is 4.74 Å². The first-order valence-electron chi connectivity index (χ1n) is 9.83. The number of rotatable bonds is 6. The van der Waals surface area contributed by atoms with Gasteiger partial charge < -0.3 is 10.1 Å². The molecule has 6 nitrogen and oxygen atoms in total. The number of benzene rings is 2. The van der Waals surface area contributed by atoms with Crippen molar-refractivity contribution in [1.29, 1.82) is 0 Å². The van der Waals surface area contributed by atoms with Gasteiger partial charge in [-0.25, -0.2) is 12.8 Å². The Morgan fingerprint density at radius 2 is 1.93 bits per heavy atom. The van der Waals surface area contributed by atoms with E-state index in [1.807, 2.05) is 24.3 Å². The molecule has 162 valence electrons. The topological polar surface area (TPSA) is 75.7 Å². The highest BCUT2D eigenvalue weighted by Crippen LogP contribution is 2.33. The molecule has 1 aliphatic heterocycles. The first-order chi connectivity index (χ1) is 14.2. The van der Waals surface area contributed by atoms with Crippen LogP contribution >= 0.6 is 0 Å². The Balaban J connectivity index is 1.73. The normalized spacial score (nSPS) is 20.0. The van der Waals surface area contributed by atoms with Gasteiger partial charge in [0.2, 0.25) is 15.9 Å². The second kappa shape index (κ2) is 8.73. The van der Waals surface area contributed by atoms with Gasteiger partial charge in [-0.2, -0.15) is 4.31 Å². The van der Waals surface area contributed by atoms with Crippen LogP contribution in [0.3, 0.4) is 0 Å². The SMILES string of the molecule is COc1ccc(CNC(=O)[C@]2(C)CCCN(S(=O)(=O)c3cc(F)ccc3C)C2)cc1. The fraction of sp³-hybridized carbons (Fsp3) is 0.409. The van der Waals surface area contributed by atoms with Crippen LogP contribution in [0.25, 0.3) is 0 Å². The third kappa shape index (κ3) is 4.65. The molecule has 0 bridgehead atoms. The van der Waals surface area contributed by atoms with Gasteiger partial charge in [0.25, 0.3) is 0 Å². The highest BCUT2D eigenvalue weighted by atomic mass is 32.2. The number of hydrogen-bond acceptors (Lipinski definition) is 4. The summed E-state index contributed by atoms with van der Waals surface area (Å²) in [6.07, 6.45) is 1.13. The monoisotopic (exact) mass is 434 g/mol. The van der Waals surface area contributed by atoms with E-state index in [-0.39, 0.29) is 17.3 Å². The largest absolute Gasteiger partial charge is 0.497 e. The predicted octanol–water partition coefficient (Wildman–Crippen LogP) is 3.25. The Kier molecular flexibility index (Phi) is 6.47. The number of hydrogen-bond donors (Lipinski definition) is 1. The van der Waals surface area contributed by atoms with E-state index in [0.29, 0.717) is 31.5 Å². The minimum atomic E-state index is -3.90. The van der Waals surface area contributed by atoms with Gasteiger partial charge in [-0.1, -0.05) is 18.2 Å². The summed E-state index contributed by atoms with van der Waals surface area (Å²) in [5.74, 6) is -0.0665. The molecule has 3 rings (SSSR count). The van der Waals surface area contributed by atoms with Gasteiger partial charge in [0.05, 0.1) is 17.4 Å². The quantitative estimate of drug-likeness (QED) is 0.757. The van der Waals surface area contributed by atoms with Crippen molar-refractivity contribution in [2.24, 2.45) is 5.41 Å². The number of piperidine rings is 1. The van der Waals surface area contributed by atoms with Gasteiger partial charge in [0.15, 0.2) is 0 Å². The summed E-state index contributed by atoms with van der Waals surface area (Å²) in [5, 5.41) is 2.92. The van der Waals surface area contributed by atoms with Crippen molar-refractivity contribution in [3.63, 3.8) is 0 Å². The van der Waals surface area contributed by atoms with E-state index in [9.17, 15) is 17.6 Å². The standard InChI is InChI=1S/C22H27FN2O4S/c1-16-5-8-18(23)13-20(16)30(27,28)25-12-4-11-22(2,15-25)21(26)24-14-17-6-9-19(29-3)10-7-17/h5-10,13H,4,11-12,14-15H2,1-3H3,(H,24,26)/t22-/m1/s1. The minimum Gasteiger partial charge on any atom is -0.497 e. The fourth-order valence-electron chi connectivity index (χ4n) is 3.71.